The van der Waals surface area contributed by atoms with Crippen LogP contribution in [0, 0.1) is 23.7 Å². The number of aromatic amines is 2. The Balaban J connectivity index is 1.03. The van der Waals surface area contributed by atoms with Gasteiger partial charge in [-0.15, -0.1) is 22.7 Å². The SMILES string of the molecule is CC(=O)N[C@@H](C(=O)N1CCCC1c1ncc(-c2cc3sc(C#Cc4ccc5[nH]c(C6CCCN6C(=O)[C@H](NC(=O)CO)C(C)C)nc5c4)cc3s2)[nH]1)C(C)C. The van der Waals surface area contributed by atoms with Crippen molar-refractivity contribution < 1.29 is 24.3 Å². The van der Waals surface area contributed by atoms with Crippen LogP contribution in [-0.2, 0) is 19.2 Å². The highest BCUT2D eigenvalue weighted by Gasteiger charge is 2.38. The average Bonchev–Trinajstić information content (AvgIpc) is 3.99. The molecule has 1 aromatic carbocycles. The van der Waals surface area contributed by atoms with Gasteiger partial charge in [0, 0.05) is 35.0 Å². The van der Waals surface area contributed by atoms with Crippen LogP contribution in [0.1, 0.15) is 94.5 Å². The monoisotopic (exact) mass is 782 g/mol. The maximum absolute atomic E-state index is 13.5. The average molecular weight is 783 g/mol. The number of likely N-dealkylation sites (tertiary alicyclic amines) is 2. The Morgan fingerprint density at radius 1 is 0.873 bits per heavy atom. The quantitative estimate of drug-likeness (QED) is 0.120. The molecule has 2 saturated heterocycles. The number of thiophene rings is 2. The van der Waals surface area contributed by atoms with Crippen molar-refractivity contribution in [2.45, 2.75) is 84.5 Å². The minimum atomic E-state index is -0.725. The Morgan fingerprint density at radius 3 is 2.16 bits per heavy atom. The molecule has 0 radical (unpaired) electrons. The van der Waals surface area contributed by atoms with Gasteiger partial charge in [-0.1, -0.05) is 39.5 Å². The summed E-state index contributed by atoms with van der Waals surface area (Å²) in [5, 5.41) is 14.7. The summed E-state index contributed by atoms with van der Waals surface area (Å²) in [7, 11) is 0. The zero-order valence-electron chi connectivity index (χ0n) is 31.6. The Hall–Kier alpha value is -5.04. The van der Waals surface area contributed by atoms with Gasteiger partial charge in [-0.05, 0) is 67.9 Å². The lowest BCUT2D eigenvalue weighted by atomic mass is 10.0. The number of aromatic nitrogens is 4. The van der Waals surface area contributed by atoms with Crippen LogP contribution in [0.2, 0.25) is 0 Å². The van der Waals surface area contributed by atoms with Gasteiger partial charge in [-0.25, -0.2) is 9.97 Å². The van der Waals surface area contributed by atoms with E-state index in [1.807, 2.05) is 57.0 Å². The Morgan fingerprint density at radius 2 is 1.53 bits per heavy atom. The third-order valence-electron chi connectivity index (χ3n) is 10.3. The Bertz CT molecular complexity index is 2280. The number of hydrogen-bond acceptors (Lipinski definition) is 9. The molecule has 5 N–H and O–H groups in total. The summed E-state index contributed by atoms with van der Waals surface area (Å²) in [6.07, 6.45) is 5.11. The lowest BCUT2D eigenvalue weighted by Gasteiger charge is -2.30. The molecule has 15 heteroatoms. The molecule has 5 aromatic rings. The minimum absolute atomic E-state index is 0.0272. The number of aliphatic hydroxyl groups excluding tert-OH is 1. The van der Waals surface area contributed by atoms with Gasteiger partial charge in [0.05, 0.1) is 44.8 Å². The Kier molecular flexibility index (Phi) is 11.1. The standard InChI is InChI=1S/C40H46N8O5S2/c1-21(2)35(42-23(5)50)39(52)47-14-6-8-29(47)37-41-19-28(45-37)31-18-33-32(55-31)17-25(54-33)12-10-24-11-13-26-27(16-24)44-38(43-26)30-9-7-15-48(30)40(53)36(22(3)4)46-34(51)20-49/h11,13,16-19,21-22,29-30,35-36,49H,6-9,14-15,20H2,1-5H3,(H,41,45)(H,42,50)(H,43,44)(H,46,51)/t29?,30?,35-,36-/m1/s1. The van der Waals surface area contributed by atoms with Crippen LogP contribution in [0.15, 0.2) is 36.5 Å². The van der Waals surface area contributed by atoms with Crippen LogP contribution in [0.4, 0.5) is 0 Å². The lowest BCUT2D eigenvalue weighted by Crippen LogP contribution is -2.51. The molecule has 288 valence electrons. The summed E-state index contributed by atoms with van der Waals surface area (Å²) in [6, 6.07) is 8.43. The van der Waals surface area contributed by atoms with E-state index in [1.165, 1.54) is 6.92 Å². The molecular formula is C40H46N8O5S2. The molecule has 2 aliphatic rings. The summed E-state index contributed by atoms with van der Waals surface area (Å²) in [6.45, 7) is 9.61. The number of rotatable bonds is 10. The number of fused-ring (bicyclic) bond motifs is 2. The van der Waals surface area contributed by atoms with Crippen LogP contribution in [0.5, 0.6) is 0 Å². The molecule has 0 aliphatic carbocycles. The van der Waals surface area contributed by atoms with E-state index in [9.17, 15) is 24.3 Å². The molecule has 0 saturated carbocycles. The van der Waals surface area contributed by atoms with Gasteiger partial charge in [0.2, 0.25) is 23.6 Å². The van der Waals surface area contributed by atoms with Gasteiger partial charge >= 0.3 is 0 Å². The summed E-state index contributed by atoms with van der Waals surface area (Å²) in [5.41, 5.74) is 3.36. The summed E-state index contributed by atoms with van der Waals surface area (Å²) in [4.78, 5) is 72.8. The molecule has 6 heterocycles. The van der Waals surface area contributed by atoms with Gasteiger partial charge in [-0.2, -0.15) is 0 Å². The molecule has 13 nitrogen and oxygen atoms in total. The van der Waals surface area contributed by atoms with Gasteiger partial charge in [0.1, 0.15) is 30.3 Å². The molecule has 0 bridgehead atoms. The van der Waals surface area contributed by atoms with Crippen molar-refractivity contribution in [1.82, 2.24) is 40.4 Å². The van der Waals surface area contributed by atoms with E-state index in [0.29, 0.717) is 18.9 Å². The molecule has 2 aliphatic heterocycles. The summed E-state index contributed by atoms with van der Waals surface area (Å²) >= 11 is 3.30. The third kappa shape index (κ3) is 8.03. The first kappa shape index (κ1) is 38.2. The zero-order valence-corrected chi connectivity index (χ0v) is 33.2. The van der Waals surface area contributed by atoms with Crippen LogP contribution in [-0.4, -0.2) is 90.3 Å². The second kappa shape index (κ2) is 16.0. The van der Waals surface area contributed by atoms with Crippen molar-refractivity contribution in [3.8, 4) is 22.4 Å². The number of imidazole rings is 2. The largest absolute Gasteiger partial charge is 0.387 e. The number of H-pyrrole nitrogens is 2. The van der Waals surface area contributed by atoms with Crippen molar-refractivity contribution in [3.63, 3.8) is 0 Å². The predicted molar refractivity (Wildman–Crippen MR) is 213 cm³/mol. The topological polar surface area (TPSA) is 176 Å². The number of aliphatic hydroxyl groups is 1. The lowest BCUT2D eigenvalue weighted by molar-refractivity contribution is -0.139. The van der Waals surface area contributed by atoms with Crippen molar-refractivity contribution in [2.24, 2.45) is 11.8 Å². The highest BCUT2D eigenvalue weighted by atomic mass is 32.1. The number of benzene rings is 1. The fourth-order valence-corrected chi connectivity index (χ4v) is 9.72. The predicted octanol–water partition coefficient (Wildman–Crippen LogP) is 5.25. The molecule has 4 atom stereocenters. The molecule has 2 unspecified atom stereocenters. The second-order valence-electron chi connectivity index (χ2n) is 15.0. The van der Waals surface area contributed by atoms with E-state index >= 15 is 0 Å². The van der Waals surface area contributed by atoms with Crippen LogP contribution < -0.4 is 10.6 Å². The molecule has 7 rings (SSSR count). The third-order valence-corrected chi connectivity index (χ3v) is 12.5. The summed E-state index contributed by atoms with van der Waals surface area (Å²) in [5.74, 6) is 6.89. The Labute approximate surface area is 327 Å². The van der Waals surface area contributed by atoms with Crippen molar-refractivity contribution in [1.29, 1.82) is 0 Å². The molecule has 4 amide bonds. The fourth-order valence-electron chi connectivity index (χ4n) is 7.51. The van der Waals surface area contributed by atoms with Gasteiger partial charge in [0.15, 0.2) is 0 Å². The van der Waals surface area contributed by atoms with Crippen molar-refractivity contribution in [3.05, 3.63) is 58.6 Å². The highest BCUT2D eigenvalue weighted by Crippen LogP contribution is 2.39. The number of amides is 4. The van der Waals surface area contributed by atoms with Crippen LogP contribution in [0.3, 0.4) is 0 Å². The van der Waals surface area contributed by atoms with E-state index in [1.54, 1.807) is 27.6 Å². The molecule has 4 aromatic heterocycles. The van der Waals surface area contributed by atoms with Gasteiger partial charge in [-0.3, -0.25) is 19.2 Å². The molecule has 2 fully saturated rings. The number of nitrogens with one attached hydrogen (secondary N) is 4. The van der Waals surface area contributed by atoms with Gasteiger partial charge in [0.25, 0.3) is 0 Å². The van der Waals surface area contributed by atoms with Gasteiger partial charge < -0.3 is 35.5 Å². The van der Waals surface area contributed by atoms with E-state index in [2.05, 4.69) is 44.6 Å². The van der Waals surface area contributed by atoms with Crippen molar-refractivity contribution >= 4 is 66.7 Å². The molecule has 55 heavy (non-hydrogen) atoms. The van der Waals surface area contributed by atoms with Crippen molar-refractivity contribution in [2.75, 3.05) is 19.7 Å². The van der Waals surface area contributed by atoms with E-state index < -0.39 is 24.6 Å². The first-order valence-electron chi connectivity index (χ1n) is 18.8. The fraction of sp³-hybridized carbons (Fsp3) is 0.450. The number of carbonyl (C=O) groups excluding carboxylic acids is 4. The zero-order chi connectivity index (χ0) is 39.0. The second-order valence-corrected chi connectivity index (χ2v) is 17.2. The van der Waals surface area contributed by atoms with E-state index in [-0.39, 0.29) is 41.6 Å². The van der Waals surface area contributed by atoms with E-state index in [4.69, 9.17) is 9.97 Å². The number of hydrogen-bond donors (Lipinski definition) is 5. The van der Waals surface area contributed by atoms with Crippen LogP contribution in [0.25, 0.3) is 31.0 Å². The maximum atomic E-state index is 13.5. The first-order valence-corrected chi connectivity index (χ1v) is 20.4. The number of nitrogens with zero attached hydrogens (tertiary/aromatic N) is 4. The minimum Gasteiger partial charge on any atom is -0.387 e. The molecular weight excluding hydrogens is 737 g/mol. The molecule has 0 spiro atoms. The first-order chi connectivity index (χ1) is 26.4. The highest BCUT2D eigenvalue weighted by molar-refractivity contribution is 7.29. The van der Waals surface area contributed by atoms with E-state index in [0.717, 1.165) is 73.0 Å². The maximum Gasteiger partial charge on any atom is 0.246 e. The smallest absolute Gasteiger partial charge is 0.246 e. The number of carbonyl (C=O) groups is 4. The van der Waals surface area contributed by atoms with Crippen LogP contribution >= 0.6 is 22.7 Å². The normalized spacial score (nSPS) is 18.3. The summed E-state index contributed by atoms with van der Waals surface area (Å²) < 4.78 is 2.26.